The topological polar surface area (TPSA) is 84.8 Å². The Hall–Kier alpha value is 1.20. The lowest BCUT2D eigenvalue weighted by Gasteiger charge is -2.46. The van der Waals surface area contributed by atoms with Gasteiger partial charge in [0.1, 0.15) is 0 Å². The zero-order valence-electron chi connectivity index (χ0n) is 25.5. The normalized spacial score (nSPS) is 16.0. The molecule has 0 saturated heterocycles. The molecule has 35 heavy (non-hydrogen) atoms. The minimum atomic E-state index is -3.40. The number of ether oxygens (including phenoxy) is 1. The summed E-state index contributed by atoms with van der Waals surface area (Å²) >= 11 is 0. The van der Waals surface area contributed by atoms with Gasteiger partial charge in [0.2, 0.25) is 0 Å². The molecule has 0 saturated carbocycles. The summed E-state index contributed by atoms with van der Waals surface area (Å²) in [5, 5.41) is 9.69. The molecule has 1 N–H and O–H groups in total. The lowest BCUT2D eigenvalue weighted by atomic mass is 10.4. The number of hydrogen-bond acceptors (Lipinski definition) is 8. The van der Waals surface area contributed by atoms with Crippen molar-refractivity contribution in [2.45, 2.75) is 117 Å². The molecule has 0 heterocycles. The van der Waals surface area contributed by atoms with Crippen LogP contribution in [0.15, 0.2) is 0 Å². The van der Waals surface area contributed by atoms with Crippen LogP contribution in [0.3, 0.4) is 0 Å². The summed E-state index contributed by atoms with van der Waals surface area (Å²) in [6.45, 7) is 34.2. The maximum atomic E-state index is 9.69. The van der Waals surface area contributed by atoms with Crippen molar-refractivity contribution in [1.82, 2.24) is 0 Å². The molecule has 212 valence electrons. The lowest BCUT2D eigenvalue weighted by molar-refractivity contribution is 0.0474. The van der Waals surface area contributed by atoms with Crippen LogP contribution < -0.4 is 0 Å². The van der Waals surface area contributed by atoms with Gasteiger partial charge in [0.25, 0.3) is 0 Å². The van der Waals surface area contributed by atoms with Gasteiger partial charge in [-0.15, -0.1) is 0 Å². The van der Waals surface area contributed by atoms with Crippen molar-refractivity contribution in [1.29, 1.82) is 0 Å². The highest BCUT2D eigenvalue weighted by Gasteiger charge is 2.56. The van der Waals surface area contributed by atoms with Crippen molar-refractivity contribution in [3.63, 3.8) is 0 Å². The summed E-state index contributed by atoms with van der Waals surface area (Å²) in [4.78, 5) is 0. The van der Waals surface area contributed by atoms with Crippen molar-refractivity contribution in [3.8, 4) is 0 Å². The van der Waals surface area contributed by atoms with E-state index in [2.05, 4.69) is 98.2 Å². The second kappa shape index (κ2) is 13.0. The summed E-state index contributed by atoms with van der Waals surface area (Å²) in [6, 6.07) is 0.447. The third-order valence-corrected chi connectivity index (χ3v) is 27.5. The van der Waals surface area contributed by atoms with Crippen LogP contribution in [0, 0.1) is 0 Å². The van der Waals surface area contributed by atoms with E-state index in [4.69, 9.17) is 29.4 Å². The second-order valence-corrected chi connectivity index (χ2v) is 41.3. The van der Waals surface area contributed by atoms with Crippen molar-refractivity contribution < 1.29 is 34.5 Å². The molecule has 0 aromatic heterocycles. The molecule has 0 aromatic rings. The van der Waals surface area contributed by atoms with E-state index in [9.17, 15) is 5.11 Å². The first-order valence-electron chi connectivity index (χ1n) is 12.6. The number of hydrogen-bond donors (Lipinski definition) is 1. The molecule has 0 aliphatic carbocycles. The van der Waals surface area contributed by atoms with Crippen molar-refractivity contribution >= 4 is 59.4 Å². The Bertz CT molecular complexity index is 567. The first-order chi connectivity index (χ1) is 15.2. The summed E-state index contributed by atoms with van der Waals surface area (Å²) in [5.74, 6) is 0. The Labute approximate surface area is 223 Å². The number of aliphatic hydroxyl groups is 1. The molecule has 0 aliphatic heterocycles. The van der Waals surface area contributed by atoms with Crippen LogP contribution >= 0.6 is 0 Å². The Morgan fingerprint density at radius 2 is 0.800 bits per heavy atom. The molecule has 0 amide bonds. The highest BCUT2D eigenvalue weighted by atomic mass is 28.5. The van der Waals surface area contributed by atoms with Crippen molar-refractivity contribution in [2.75, 3.05) is 13.2 Å². The van der Waals surface area contributed by atoms with Crippen molar-refractivity contribution in [2.24, 2.45) is 0 Å². The molecule has 0 rings (SSSR count). The zero-order chi connectivity index (χ0) is 28.1. The van der Waals surface area contributed by atoms with Crippen LogP contribution in [0.2, 0.25) is 104 Å². The van der Waals surface area contributed by atoms with Crippen LogP contribution in [0.5, 0.6) is 0 Å². The molecular weight excluding hydrogens is 565 g/mol. The molecule has 0 radical (unpaired) electrons. The first kappa shape index (κ1) is 36.2. The molecule has 0 fully saturated rings. The third-order valence-electron chi connectivity index (χ3n) is 3.77. The van der Waals surface area contributed by atoms with E-state index in [1.807, 2.05) is 0 Å². The summed E-state index contributed by atoms with van der Waals surface area (Å²) < 4.78 is 46.4. The van der Waals surface area contributed by atoms with Gasteiger partial charge in [0.05, 0.1) is 19.3 Å². The lowest BCUT2D eigenvalue weighted by Crippen LogP contribution is -2.66. The SMILES string of the molecule is CC(O)COCC[Si](O[Si](C)(C)O[Si](C)(C)C)(O[Si](C)(C)O[Si](C)(C)C)O[Si](C)(C)O[Si](C)(C)C. The minimum absolute atomic E-state index is 0.245. The van der Waals surface area contributed by atoms with Crippen LogP contribution in [0.4, 0.5) is 0 Å². The monoisotopic (exact) mass is 620 g/mol. The van der Waals surface area contributed by atoms with E-state index in [1.165, 1.54) is 0 Å². The van der Waals surface area contributed by atoms with Gasteiger partial charge in [-0.3, -0.25) is 0 Å². The molecular formula is C20H56O8Si7. The minimum Gasteiger partial charge on any atom is -0.437 e. The molecule has 1 unspecified atom stereocenters. The molecule has 15 heteroatoms. The van der Waals surface area contributed by atoms with Gasteiger partial charge in [0.15, 0.2) is 25.0 Å². The van der Waals surface area contributed by atoms with E-state index < -0.39 is 65.5 Å². The fourth-order valence-electron chi connectivity index (χ4n) is 4.06. The zero-order valence-corrected chi connectivity index (χ0v) is 32.5. The Morgan fingerprint density at radius 3 is 1.03 bits per heavy atom. The standard InChI is InChI=1S/C20H56O8Si7/c1-20(21)19-22-17-18-35(26-32(11,12)23-29(2,3)4,27-33(13,14)24-30(5,6)7)28-34(15,16)25-31(8,9)10/h20-21H,17-19H2,1-16H3. The molecule has 1 atom stereocenters. The van der Waals surface area contributed by atoms with Crippen LogP contribution in [-0.4, -0.2) is 83.9 Å². The molecule has 0 aromatic carbocycles. The Morgan fingerprint density at radius 1 is 0.514 bits per heavy atom. The average molecular weight is 621 g/mol. The predicted octanol–water partition coefficient (Wildman–Crippen LogP) is 6.03. The van der Waals surface area contributed by atoms with E-state index >= 15 is 0 Å². The van der Waals surface area contributed by atoms with Gasteiger partial charge < -0.3 is 34.5 Å². The molecule has 0 aliphatic rings. The molecule has 0 bridgehead atoms. The molecule has 0 spiro atoms. The second-order valence-electron chi connectivity index (χ2n) is 13.5. The number of rotatable bonds is 17. The average Bonchev–Trinajstić information content (AvgIpc) is 2.41. The maximum Gasteiger partial charge on any atom is 0.476 e. The van der Waals surface area contributed by atoms with E-state index in [-0.39, 0.29) is 6.61 Å². The third kappa shape index (κ3) is 19.0. The summed E-state index contributed by atoms with van der Waals surface area (Å²) in [5.41, 5.74) is 0. The first-order valence-corrected chi connectivity index (χ1v) is 33.2. The highest BCUT2D eigenvalue weighted by molar-refractivity contribution is 6.92. The van der Waals surface area contributed by atoms with Gasteiger partial charge >= 0.3 is 34.5 Å². The van der Waals surface area contributed by atoms with E-state index in [0.717, 1.165) is 0 Å². The van der Waals surface area contributed by atoms with E-state index in [1.54, 1.807) is 6.92 Å². The van der Waals surface area contributed by atoms with Crippen LogP contribution in [0.25, 0.3) is 0 Å². The van der Waals surface area contributed by atoms with Crippen molar-refractivity contribution in [3.05, 3.63) is 0 Å². The predicted molar refractivity (Wildman–Crippen MR) is 162 cm³/mol. The van der Waals surface area contributed by atoms with Gasteiger partial charge in [-0.05, 0) is 105 Å². The van der Waals surface area contributed by atoms with E-state index in [0.29, 0.717) is 12.7 Å². The number of aliphatic hydroxyl groups excluding tert-OH is 1. The maximum absolute atomic E-state index is 9.69. The van der Waals surface area contributed by atoms with Crippen LogP contribution in [0.1, 0.15) is 6.92 Å². The van der Waals surface area contributed by atoms with Gasteiger partial charge in [-0.25, -0.2) is 0 Å². The fourth-order valence-corrected chi connectivity index (χ4v) is 35.6. The Kier molecular flexibility index (Phi) is 13.5. The quantitative estimate of drug-likeness (QED) is 0.156. The smallest absolute Gasteiger partial charge is 0.437 e. The summed E-state index contributed by atoms with van der Waals surface area (Å²) in [6.07, 6.45) is -0.544. The molecule has 8 nitrogen and oxygen atoms in total. The van der Waals surface area contributed by atoms with Gasteiger partial charge in [0, 0.05) is 6.04 Å². The van der Waals surface area contributed by atoms with Crippen LogP contribution in [-0.2, 0) is 29.4 Å². The van der Waals surface area contributed by atoms with Gasteiger partial charge in [-0.2, -0.15) is 0 Å². The highest BCUT2D eigenvalue weighted by Crippen LogP contribution is 2.33. The van der Waals surface area contributed by atoms with Gasteiger partial charge in [-0.1, -0.05) is 0 Å². The largest absolute Gasteiger partial charge is 0.476 e. The Balaban J connectivity index is 6.44. The fraction of sp³-hybridized carbons (Fsp3) is 1.00. The summed E-state index contributed by atoms with van der Waals surface area (Å²) in [7, 11) is -17.0.